The zero-order chi connectivity index (χ0) is 16.9. The number of aromatic nitrogens is 1. The lowest BCUT2D eigenvalue weighted by Gasteiger charge is -2.13. The number of esters is 1. The van der Waals surface area contributed by atoms with Crippen LogP contribution >= 0.6 is 0 Å². The van der Waals surface area contributed by atoms with Gasteiger partial charge < -0.3 is 15.4 Å². The van der Waals surface area contributed by atoms with E-state index in [0.717, 1.165) is 18.7 Å². The fourth-order valence-corrected chi connectivity index (χ4v) is 2.08. The first-order chi connectivity index (χ1) is 11.6. The second-order valence-corrected chi connectivity index (χ2v) is 5.75. The molecule has 2 N–H and O–H groups in total. The van der Waals surface area contributed by atoms with Crippen molar-refractivity contribution in [2.75, 3.05) is 10.6 Å². The molecule has 0 bridgehead atoms. The van der Waals surface area contributed by atoms with Gasteiger partial charge in [-0.3, -0.25) is 4.79 Å². The van der Waals surface area contributed by atoms with E-state index in [9.17, 15) is 9.59 Å². The van der Waals surface area contributed by atoms with E-state index in [0.29, 0.717) is 17.3 Å². The molecule has 6 nitrogen and oxygen atoms in total. The second kappa shape index (κ2) is 7.12. The molecule has 1 aromatic heterocycles. The largest absolute Gasteiger partial charge is 0.449 e. The number of benzene rings is 1. The summed E-state index contributed by atoms with van der Waals surface area (Å²) < 4.78 is 5.19. The summed E-state index contributed by atoms with van der Waals surface area (Å²) in [6.07, 6.45) is 2.86. The lowest BCUT2D eigenvalue weighted by atomic mass is 10.2. The van der Waals surface area contributed by atoms with Crippen molar-refractivity contribution in [3.05, 3.63) is 54.2 Å². The van der Waals surface area contributed by atoms with Crippen molar-refractivity contribution >= 4 is 23.4 Å². The quantitative estimate of drug-likeness (QED) is 0.798. The number of rotatable bonds is 6. The molecule has 1 amide bonds. The van der Waals surface area contributed by atoms with Gasteiger partial charge in [-0.05, 0) is 44.0 Å². The molecule has 1 unspecified atom stereocenters. The zero-order valence-corrected chi connectivity index (χ0v) is 13.4. The first-order valence-corrected chi connectivity index (χ1v) is 7.91. The molecule has 6 heteroatoms. The molecule has 1 aliphatic carbocycles. The molecule has 0 aliphatic heterocycles. The van der Waals surface area contributed by atoms with Crippen LogP contribution in [-0.4, -0.2) is 29.0 Å². The van der Waals surface area contributed by atoms with E-state index in [-0.39, 0.29) is 5.91 Å². The van der Waals surface area contributed by atoms with Crippen molar-refractivity contribution < 1.29 is 14.3 Å². The van der Waals surface area contributed by atoms with E-state index >= 15 is 0 Å². The summed E-state index contributed by atoms with van der Waals surface area (Å²) in [6, 6.07) is 12.9. The number of anilines is 2. The molecular weight excluding hydrogens is 306 g/mol. The molecule has 0 radical (unpaired) electrons. The van der Waals surface area contributed by atoms with Crippen LogP contribution in [-0.2, 0) is 9.53 Å². The van der Waals surface area contributed by atoms with E-state index in [1.54, 1.807) is 24.3 Å². The SMILES string of the molecule is CC(OC(=O)c1ccc(NC2CC2)nc1)C(=O)Nc1ccccc1. The molecule has 0 spiro atoms. The number of carbonyl (C=O) groups is 2. The predicted octanol–water partition coefficient (Wildman–Crippen LogP) is 2.84. The monoisotopic (exact) mass is 325 g/mol. The molecule has 1 fully saturated rings. The van der Waals surface area contributed by atoms with Crippen LogP contribution in [0.4, 0.5) is 11.5 Å². The number of nitrogens with zero attached hydrogens (tertiary/aromatic N) is 1. The van der Waals surface area contributed by atoms with E-state index in [1.165, 1.54) is 13.1 Å². The van der Waals surface area contributed by atoms with Gasteiger partial charge in [0.05, 0.1) is 5.56 Å². The van der Waals surface area contributed by atoms with E-state index in [1.807, 2.05) is 18.2 Å². The summed E-state index contributed by atoms with van der Waals surface area (Å²) in [4.78, 5) is 28.3. The highest BCUT2D eigenvalue weighted by Gasteiger charge is 2.22. The molecule has 3 rings (SSSR count). The minimum atomic E-state index is -0.901. The highest BCUT2D eigenvalue weighted by atomic mass is 16.5. The summed E-state index contributed by atoms with van der Waals surface area (Å²) in [6.45, 7) is 1.53. The van der Waals surface area contributed by atoms with Gasteiger partial charge in [-0.25, -0.2) is 9.78 Å². The Kier molecular flexibility index (Phi) is 4.74. The summed E-state index contributed by atoms with van der Waals surface area (Å²) in [5.74, 6) is -0.213. The van der Waals surface area contributed by atoms with Crippen LogP contribution in [0.15, 0.2) is 48.7 Å². The van der Waals surface area contributed by atoms with Gasteiger partial charge in [-0.2, -0.15) is 0 Å². The minimum absolute atomic E-state index is 0.315. The topological polar surface area (TPSA) is 80.3 Å². The van der Waals surface area contributed by atoms with Gasteiger partial charge >= 0.3 is 5.97 Å². The van der Waals surface area contributed by atoms with Gasteiger partial charge in [-0.1, -0.05) is 18.2 Å². The van der Waals surface area contributed by atoms with E-state index < -0.39 is 12.1 Å². The third-order valence-electron chi connectivity index (χ3n) is 3.62. The highest BCUT2D eigenvalue weighted by molar-refractivity contribution is 5.97. The van der Waals surface area contributed by atoms with Crippen molar-refractivity contribution in [2.24, 2.45) is 0 Å². The smallest absolute Gasteiger partial charge is 0.340 e. The Balaban J connectivity index is 1.53. The van der Waals surface area contributed by atoms with Crippen molar-refractivity contribution in [3.8, 4) is 0 Å². The van der Waals surface area contributed by atoms with Crippen LogP contribution in [0.5, 0.6) is 0 Å². The Morgan fingerprint density at radius 2 is 1.92 bits per heavy atom. The summed E-state index contributed by atoms with van der Waals surface area (Å²) in [5.41, 5.74) is 0.971. The van der Waals surface area contributed by atoms with E-state index in [2.05, 4.69) is 15.6 Å². The molecule has 1 atom stereocenters. The number of hydrogen-bond acceptors (Lipinski definition) is 5. The molecule has 24 heavy (non-hydrogen) atoms. The van der Waals surface area contributed by atoms with Crippen molar-refractivity contribution in [3.63, 3.8) is 0 Å². The lowest BCUT2D eigenvalue weighted by Crippen LogP contribution is -2.30. The summed E-state index contributed by atoms with van der Waals surface area (Å²) in [5, 5.41) is 5.94. The first-order valence-electron chi connectivity index (χ1n) is 7.91. The van der Waals surface area contributed by atoms with Crippen molar-refractivity contribution in [2.45, 2.75) is 31.9 Å². The maximum absolute atomic E-state index is 12.1. The Labute approximate surface area is 140 Å². The molecule has 1 aromatic carbocycles. The Morgan fingerprint density at radius 3 is 2.54 bits per heavy atom. The zero-order valence-electron chi connectivity index (χ0n) is 13.4. The number of nitrogens with one attached hydrogen (secondary N) is 2. The van der Waals surface area contributed by atoms with Gasteiger partial charge in [0.25, 0.3) is 5.91 Å². The number of ether oxygens (including phenoxy) is 1. The maximum atomic E-state index is 12.1. The average molecular weight is 325 g/mol. The number of hydrogen-bond donors (Lipinski definition) is 2. The molecule has 124 valence electrons. The van der Waals surface area contributed by atoms with Crippen molar-refractivity contribution in [1.82, 2.24) is 4.98 Å². The second-order valence-electron chi connectivity index (χ2n) is 5.75. The maximum Gasteiger partial charge on any atom is 0.340 e. The molecular formula is C18H19N3O3. The normalized spacial score (nSPS) is 14.5. The van der Waals surface area contributed by atoms with Gasteiger partial charge in [-0.15, -0.1) is 0 Å². The summed E-state index contributed by atoms with van der Waals surface area (Å²) in [7, 11) is 0. The average Bonchev–Trinajstić information content (AvgIpc) is 3.40. The van der Waals surface area contributed by atoms with Crippen LogP contribution in [0.3, 0.4) is 0 Å². The molecule has 2 aromatic rings. The Morgan fingerprint density at radius 1 is 1.17 bits per heavy atom. The van der Waals surface area contributed by atoms with Gasteiger partial charge in [0.1, 0.15) is 5.82 Å². The molecule has 1 heterocycles. The van der Waals surface area contributed by atoms with Gasteiger partial charge in [0, 0.05) is 17.9 Å². The first kappa shape index (κ1) is 16.0. The minimum Gasteiger partial charge on any atom is -0.449 e. The Bertz CT molecular complexity index is 712. The number of carbonyl (C=O) groups excluding carboxylic acids is 2. The third-order valence-corrected chi connectivity index (χ3v) is 3.62. The molecule has 0 saturated heterocycles. The molecule has 1 saturated carbocycles. The van der Waals surface area contributed by atoms with Crippen LogP contribution in [0.1, 0.15) is 30.1 Å². The van der Waals surface area contributed by atoms with Crippen LogP contribution in [0, 0.1) is 0 Å². The van der Waals surface area contributed by atoms with Crippen LogP contribution in [0.2, 0.25) is 0 Å². The Hall–Kier alpha value is -2.89. The lowest BCUT2D eigenvalue weighted by molar-refractivity contribution is -0.123. The fourth-order valence-electron chi connectivity index (χ4n) is 2.08. The molecule has 1 aliphatic rings. The number of pyridine rings is 1. The van der Waals surface area contributed by atoms with Gasteiger partial charge in [0.2, 0.25) is 0 Å². The summed E-state index contributed by atoms with van der Waals surface area (Å²) >= 11 is 0. The highest BCUT2D eigenvalue weighted by Crippen LogP contribution is 2.23. The van der Waals surface area contributed by atoms with Crippen LogP contribution in [0.25, 0.3) is 0 Å². The predicted molar refractivity (Wildman–Crippen MR) is 90.8 cm³/mol. The third kappa shape index (κ3) is 4.32. The van der Waals surface area contributed by atoms with Gasteiger partial charge in [0.15, 0.2) is 6.10 Å². The van der Waals surface area contributed by atoms with Crippen LogP contribution < -0.4 is 10.6 Å². The van der Waals surface area contributed by atoms with E-state index in [4.69, 9.17) is 4.74 Å². The number of para-hydroxylation sites is 1. The standard InChI is InChI=1S/C18H19N3O3/c1-12(17(22)21-14-5-3-2-4-6-14)24-18(23)13-7-10-16(19-11-13)20-15-8-9-15/h2-7,10-12,15H,8-9H2,1H3,(H,19,20)(H,21,22). The number of amides is 1. The fraction of sp³-hybridized carbons (Fsp3) is 0.278. The van der Waals surface area contributed by atoms with Crippen molar-refractivity contribution in [1.29, 1.82) is 0 Å².